The molecule has 2 aromatic heterocycles. The molecule has 3 amide bonds. The molecule has 2 atom stereocenters. The van der Waals surface area contributed by atoms with Crippen molar-refractivity contribution >= 4 is 46.4 Å². The summed E-state index contributed by atoms with van der Waals surface area (Å²) in [6.07, 6.45) is 2.59. The van der Waals surface area contributed by atoms with Gasteiger partial charge in [-0.05, 0) is 29.7 Å². The zero-order chi connectivity index (χ0) is 32.8. The molecule has 242 valence electrons. The number of carbonyl (C=O) groups excluding carboxylic acids is 3. The minimum absolute atomic E-state index is 0.0816. The van der Waals surface area contributed by atoms with Crippen LogP contribution in [0.3, 0.4) is 0 Å². The number of anilines is 1. The normalized spacial score (nSPS) is 16.0. The second kappa shape index (κ2) is 14.5. The fourth-order valence-corrected chi connectivity index (χ4v) is 5.59. The van der Waals surface area contributed by atoms with E-state index in [1.165, 1.54) is 23.4 Å². The van der Waals surface area contributed by atoms with Gasteiger partial charge >= 0.3 is 6.09 Å². The number of nitrogens with two attached hydrogens (primary N) is 1. The highest BCUT2D eigenvalue weighted by Gasteiger charge is 2.40. The monoisotopic (exact) mass is 653 g/mol. The van der Waals surface area contributed by atoms with Crippen LogP contribution in [0.2, 0.25) is 5.02 Å². The number of amides is 3. The van der Waals surface area contributed by atoms with Crippen LogP contribution in [0.5, 0.6) is 0 Å². The summed E-state index contributed by atoms with van der Waals surface area (Å²) >= 11 is 5.83. The maximum atomic E-state index is 14.6. The lowest BCUT2D eigenvalue weighted by Crippen LogP contribution is -2.46. The van der Waals surface area contributed by atoms with Crippen LogP contribution in [-0.2, 0) is 34.0 Å². The maximum absolute atomic E-state index is 14.6. The minimum atomic E-state index is -1.40. The highest BCUT2D eigenvalue weighted by Crippen LogP contribution is 2.33. The number of aromatic nitrogens is 3. The van der Waals surface area contributed by atoms with Crippen molar-refractivity contribution in [2.75, 3.05) is 18.9 Å². The van der Waals surface area contributed by atoms with Crippen LogP contribution in [0, 0.1) is 5.82 Å². The van der Waals surface area contributed by atoms with Gasteiger partial charge in [-0.25, -0.2) is 23.5 Å². The Hall–Kier alpha value is -4.78. The quantitative estimate of drug-likeness (QED) is 0.198. The van der Waals surface area contributed by atoms with Crippen LogP contribution in [0.15, 0.2) is 55.0 Å². The molecule has 1 aliphatic heterocycles. The third-order valence-corrected chi connectivity index (χ3v) is 8.04. The van der Waals surface area contributed by atoms with Crippen LogP contribution >= 0.6 is 11.6 Å². The Bertz CT molecular complexity index is 1750. The van der Waals surface area contributed by atoms with Crippen LogP contribution in [0.4, 0.5) is 19.4 Å². The first-order valence-corrected chi connectivity index (χ1v) is 15.3. The molecule has 3 heterocycles. The molecule has 2 aromatic carbocycles. The maximum Gasteiger partial charge on any atom is 0.407 e. The van der Waals surface area contributed by atoms with Gasteiger partial charge in [0, 0.05) is 36.8 Å². The van der Waals surface area contributed by atoms with Crippen molar-refractivity contribution in [2.45, 2.75) is 58.0 Å². The van der Waals surface area contributed by atoms with E-state index in [2.05, 4.69) is 20.6 Å². The zero-order valence-corrected chi connectivity index (χ0v) is 25.9. The molecule has 0 aliphatic carbocycles. The number of alkyl halides is 1. The lowest BCUT2D eigenvalue weighted by atomic mass is 10.0. The fourth-order valence-electron chi connectivity index (χ4n) is 5.40. The van der Waals surface area contributed by atoms with Gasteiger partial charge in [-0.3, -0.25) is 9.59 Å². The first-order valence-electron chi connectivity index (χ1n) is 14.9. The van der Waals surface area contributed by atoms with Crippen molar-refractivity contribution in [3.05, 3.63) is 77.0 Å². The third-order valence-electron chi connectivity index (χ3n) is 7.75. The molecule has 11 nitrogen and oxygen atoms in total. The molecule has 46 heavy (non-hydrogen) atoms. The summed E-state index contributed by atoms with van der Waals surface area (Å²) in [6, 6.07) is 10.8. The van der Waals surface area contributed by atoms with E-state index in [4.69, 9.17) is 22.1 Å². The van der Waals surface area contributed by atoms with Gasteiger partial charge in [-0.1, -0.05) is 55.3 Å². The smallest absolute Gasteiger partial charge is 0.407 e. The van der Waals surface area contributed by atoms with Crippen LogP contribution in [0.1, 0.15) is 37.3 Å². The highest BCUT2D eigenvalue weighted by atomic mass is 35.5. The molecule has 0 spiro atoms. The predicted molar refractivity (Wildman–Crippen MR) is 169 cm³/mol. The Labute approximate surface area is 269 Å². The van der Waals surface area contributed by atoms with Gasteiger partial charge in [0.05, 0.1) is 23.6 Å². The number of carbonyl (C=O) groups is 3. The predicted octanol–water partition coefficient (Wildman–Crippen LogP) is 4.75. The lowest BCUT2D eigenvalue weighted by Gasteiger charge is -2.24. The molecule has 4 N–H and O–H groups in total. The Morgan fingerprint density at radius 1 is 1.13 bits per heavy atom. The molecule has 4 aromatic rings. The van der Waals surface area contributed by atoms with Gasteiger partial charge in [0.15, 0.2) is 0 Å². The Balaban J connectivity index is 1.33. The minimum Gasteiger partial charge on any atom is -0.450 e. The summed E-state index contributed by atoms with van der Waals surface area (Å²) in [6.45, 7) is 1.90. The van der Waals surface area contributed by atoms with Crippen molar-refractivity contribution in [3.8, 4) is 11.1 Å². The van der Waals surface area contributed by atoms with Crippen LogP contribution in [0.25, 0.3) is 22.2 Å². The molecular weight excluding hydrogens is 620 g/mol. The number of alkyl carbamates (subject to hydrolysis) is 1. The van der Waals surface area contributed by atoms with Crippen molar-refractivity contribution in [1.82, 2.24) is 30.1 Å². The van der Waals surface area contributed by atoms with E-state index in [1.807, 2.05) is 31.2 Å². The third kappa shape index (κ3) is 7.36. The van der Waals surface area contributed by atoms with Crippen LogP contribution < -0.4 is 16.4 Å². The van der Waals surface area contributed by atoms with E-state index in [0.717, 1.165) is 24.0 Å². The van der Waals surface area contributed by atoms with E-state index in [9.17, 15) is 23.2 Å². The molecule has 5 rings (SSSR count). The van der Waals surface area contributed by atoms with Crippen molar-refractivity contribution in [2.24, 2.45) is 0 Å². The summed E-state index contributed by atoms with van der Waals surface area (Å²) < 4.78 is 35.6. The van der Waals surface area contributed by atoms with E-state index in [1.54, 1.807) is 16.8 Å². The van der Waals surface area contributed by atoms with Gasteiger partial charge in [0.1, 0.15) is 42.4 Å². The highest BCUT2D eigenvalue weighted by molar-refractivity contribution is 6.30. The second-order valence-corrected chi connectivity index (χ2v) is 11.4. The number of fused-ring (bicyclic) bond motifs is 1. The molecule has 0 unspecified atom stereocenters. The number of halogens is 3. The van der Waals surface area contributed by atoms with Crippen LogP contribution in [-0.4, -0.2) is 62.7 Å². The van der Waals surface area contributed by atoms with E-state index < -0.39 is 35.9 Å². The molecule has 1 aliphatic rings. The van der Waals surface area contributed by atoms with Crippen molar-refractivity contribution in [3.63, 3.8) is 0 Å². The number of nitrogens with one attached hydrogen (secondary N) is 2. The number of hydrogen-bond donors (Lipinski definition) is 3. The Morgan fingerprint density at radius 2 is 1.93 bits per heavy atom. The number of unbranched alkanes of at least 4 members (excludes halogenated alkanes) is 1. The average molecular weight is 654 g/mol. The summed E-state index contributed by atoms with van der Waals surface area (Å²) in [4.78, 5) is 48.3. The summed E-state index contributed by atoms with van der Waals surface area (Å²) in [5.74, 6) is -1.56. The summed E-state index contributed by atoms with van der Waals surface area (Å²) in [5, 5.41) is 5.77. The summed E-state index contributed by atoms with van der Waals surface area (Å²) in [7, 11) is 0. The van der Waals surface area contributed by atoms with Gasteiger partial charge in [-0.15, -0.1) is 0 Å². The van der Waals surface area contributed by atoms with Gasteiger partial charge < -0.3 is 30.6 Å². The van der Waals surface area contributed by atoms with Crippen molar-refractivity contribution < 1.29 is 27.9 Å². The number of nitrogens with zero attached hydrogens (tertiary/aromatic N) is 4. The van der Waals surface area contributed by atoms with Gasteiger partial charge in [0.25, 0.3) is 0 Å². The first-order chi connectivity index (χ1) is 22.2. The first kappa shape index (κ1) is 32.6. The van der Waals surface area contributed by atoms with E-state index in [0.29, 0.717) is 23.2 Å². The Morgan fingerprint density at radius 3 is 2.74 bits per heavy atom. The zero-order valence-electron chi connectivity index (χ0n) is 25.1. The largest absolute Gasteiger partial charge is 0.450 e. The molecule has 1 fully saturated rings. The number of benzene rings is 2. The van der Waals surface area contributed by atoms with E-state index in [-0.39, 0.29) is 49.0 Å². The standard InChI is InChI=1S/C32H34ClF2N7O4/c1-2-3-10-46-32(45)38-13-19-6-4-7-20(11-19)23-16-41(30-27(23)29(36)39-18-40-30)17-26(43)42-15-22(34)12-25(42)31(44)37-14-21-8-5-9-24(33)28(21)35/h4-9,11,16,18,22,25H,2-3,10,12-15,17H2,1H3,(H,37,44)(H,38,45)(H2,36,39,40)/t22-,25+/m1/s1. The Kier molecular flexibility index (Phi) is 10.3. The van der Waals surface area contributed by atoms with E-state index >= 15 is 0 Å². The molecule has 1 saturated heterocycles. The molecule has 0 radical (unpaired) electrons. The average Bonchev–Trinajstić information content (AvgIpc) is 3.62. The molecule has 14 heteroatoms. The van der Waals surface area contributed by atoms with Crippen molar-refractivity contribution in [1.29, 1.82) is 0 Å². The number of rotatable bonds is 11. The van der Waals surface area contributed by atoms with Gasteiger partial charge in [0.2, 0.25) is 11.8 Å². The summed E-state index contributed by atoms with van der Waals surface area (Å²) in [5.41, 5.74) is 9.01. The molecule has 0 bridgehead atoms. The van der Waals surface area contributed by atoms with Gasteiger partial charge in [-0.2, -0.15) is 0 Å². The number of likely N-dealkylation sites (tertiary alicyclic amines) is 1. The topological polar surface area (TPSA) is 144 Å². The number of ether oxygens (including phenoxy) is 1. The molecule has 0 saturated carbocycles. The number of hydrogen-bond acceptors (Lipinski definition) is 7. The fraction of sp³-hybridized carbons (Fsp3) is 0.344. The second-order valence-electron chi connectivity index (χ2n) is 11.0. The SMILES string of the molecule is CCCCOC(=O)NCc1cccc(-c2cn(CC(=O)N3C[C@H](F)C[C@H]3C(=O)NCc3cccc(Cl)c3F)c3ncnc(N)c23)c1. The number of nitrogen functional groups attached to an aromatic ring is 1. The lowest BCUT2D eigenvalue weighted by molar-refractivity contribution is -0.139. The molecular formula is C32H34ClF2N7O4.